The second kappa shape index (κ2) is 6.60. The topological polar surface area (TPSA) is 68.2 Å². The summed E-state index contributed by atoms with van der Waals surface area (Å²) >= 11 is 0. The summed E-state index contributed by atoms with van der Waals surface area (Å²) < 4.78 is 0. The Labute approximate surface area is 150 Å². The molecule has 0 fully saturated rings. The summed E-state index contributed by atoms with van der Waals surface area (Å²) in [6, 6.07) is 26.2. The highest BCUT2D eigenvalue weighted by Gasteiger charge is 2.26. The van der Waals surface area contributed by atoms with Crippen molar-refractivity contribution in [2.24, 2.45) is 5.10 Å². The van der Waals surface area contributed by atoms with Gasteiger partial charge in [0, 0.05) is 5.56 Å². The van der Waals surface area contributed by atoms with Crippen LogP contribution in [0.2, 0.25) is 0 Å². The van der Waals surface area contributed by atoms with E-state index in [0.29, 0.717) is 5.84 Å². The monoisotopic (exact) mass is 344 g/mol. The van der Waals surface area contributed by atoms with Crippen LogP contribution in [-0.4, -0.2) is 16.9 Å². The van der Waals surface area contributed by atoms with E-state index in [1.807, 2.05) is 65.8 Å². The Morgan fingerprint density at radius 2 is 1.42 bits per heavy atom. The molecule has 6 heteroatoms. The number of hydrazine groups is 2. The molecule has 1 aliphatic heterocycles. The SMILES string of the molecule is O=C(O)c1ccc(N2N=C(c3ccccc3)NN2c2ccccc2)cc1. The number of nitrogens with zero attached hydrogens (tertiary/aromatic N) is 3. The number of carboxylic acid groups (broad SMARTS) is 1. The summed E-state index contributed by atoms with van der Waals surface area (Å²) in [4.78, 5) is 11.1. The lowest BCUT2D eigenvalue weighted by atomic mass is 10.2. The summed E-state index contributed by atoms with van der Waals surface area (Å²) in [7, 11) is 0. The third kappa shape index (κ3) is 2.95. The molecule has 6 nitrogen and oxygen atoms in total. The molecule has 0 bridgehead atoms. The third-order valence-corrected chi connectivity index (χ3v) is 3.99. The van der Waals surface area contributed by atoms with Crippen molar-refractivity contribution in [1.82, 2.24) is 5.43 Å². The Kier molecular flexibility index (Phi) is 3.99. The van der Waals surface area contributed by atoms with Crippen molar-refractivity contribution < 1.29 is 9.90 Å². The maximum atomic E-state index is 11.1. The van der Waals surface area contributed by atoms with E-state index in [4.69, 9.17) is 5.11 Å². The number of aromatic carboxylic acids is 1. The minimum Gasteiger partial charge on any atom is -0.478 e. The van der Waals surface area contributed by atoms with Gasteiger partial charge in [-0.2, -0.15) is 10.2 Å². The molecule has 0 aromatic heterocycles. The number of carboxylic acids is 1. The summed E-state index contributed by atoms with van der Waals surface area (Å²) in [5.74, 6) is -0.249. The first-order chi connectivity index (χ1) is 12.7. The molecule has 128 valence electrons. The van der Waals surface area contributed by atoms with Crippen molar-refractivity contribution >= 4 is 23.2 Å². The van der Waals surface area contributed by atoms with Crippen LogP contribution in [0.1, 0.15) is 15.9 Å². The van der Waals surface area contributed by atoms with Gasteiger partial charge in [0.25, 0.3) is 0 Å². The maximum absolute atomic E-state index is 11.1. The Hall–Kier alpha value is -3.80. The number of benzene rings is 3. The van der Waals surface area contributed by atoms with E-state index in [1.54, 1.807) is 29.4 Å². The normalized spacial score (nSPS) is 13.3. The number of hydrogen-bond acceptors (Lipinski definition) is 5. The molecular weight excluding hydrogens is 328 g/mol. The van der Waals surface area contributed by atoms with Crippen LogP contribution in [-0.2, 0) is 0 Å². The van der Waals surface area contributed by atoms with Gasteiger partial charge in [-0.05, 0) is 36.4 Å². The molecule has 0 saturated heterocycles. The van der Waals surface area contributed by atoms with Crippen molar-refractivity contribution in [2.75, 3.05) is 10.2 Å². The summed E-state index contributed by atoms with van der Waals surface area (Å²) in [6.45, 7) is 0. The average Bonchev–Trinajstić information content (AvgIpc) is 3.15. The molecule has 1 heterocycles. The summed E-state index contributed by atoms with van der Waals surface area (Å²) in [6.07, 6.45) is 0. The predicted octanol–water partition coefficient (Wildman–Crippen LogP) is 3.49. The van der Waals surface area contributed by atoms with Crippen LogP contribution in [0.5, 0.6) is 0 Å². The van der Waals surface area contributed by atoms with E-state index < -0.39 is 5.97 Å². The Morgan fingerprint density at radius 3 is 2.04 bits per heavy atom. The highest BCUT2D eigenvalue weighted by Crippen LogP contribution is 2.26. The van der Waals surface area contributed by atoms with Gasteiger partial charge in [-0.3, -0.25) is 5.43 Å². The summed E-state index contributed by atoms with van der Waals surface area (Å²) in [5, 5.41) is 17.3. The van der Waals surface area contributed by atoms with E-state index >= 15 is 0 Å². The molecule has 0 aliphatic carbocycles. The number of nitrogens with one attached hydrogen (secondary N) is 1. The number of anilines is 2. The smallest absolute Gasteiger partial charge is 0.335 e. The number of hydrogen-bond donors (Lipinski definition) is 2. The number of rotatable bonds is 4. The maximum Gasteiger partial charge on any atom is 0.335 e. The minimum absolute atomic E-state index is 0.236. The van der Waals surface area contributed by atoms with Crippen molar-refractivity contribution in [3.8, 4) is 0 Å². The second-order valence-corrected chi connectivity index (χ2v) is 5.72. The molecule has 26 heavy (non-hydrogen) atoms. The fourth-order valence-corrected chi connectivity index (χ4v) is 2.68. The average molecular weight is 344 g/mol. The van der Waals surface area contributed by atoms with Gasteiger partial charge in [0.15, 0.2) is 5.84 Å². The van der Waals surface area contributed by atoms with Crippen molar-refractivity contribution in [3.05, 3.63) is 96.1 Å². The Morgan fingerprint density at radius 1 is 0.808 bits per heavy atom. The predicted molar refractivity (Wildman–Crippen MR) is 101 cm³/mol. The summed E-state index contributed by atoms with van der Waals surface area (Å²) in [5.41, 5.74) is 6.15. The van der Waals surface area contributed by atoms with Crippen LogP contribution < -0.4 is 15.7 Å². The van der Waals surface area contributed by atoms with Crippen LogP contribution in [0, 0.1) is 0 Å². The molecule has 0 radical (unpaired) electrons. The van der Waals surface area contributed by atoms with E-state index in [-0.39, 0.29) is 5.56 Å². The van der Waals surface area contributed by atoms with Gasteiger partial charge in [0.1, 0.15) is 0 Å². The lowest BCUT2D eigenvalue weighted by Gasteiger charge is -2.27. The standard InChI is InChI=1S/C20H16N4O2/c25-20(26)16-11-13-18(14-12-16)24-22-19(15-7-3-1-4-8-15)21-23(24)17-9-5-2-6-10-17/h1-14H,(H,21,22)(H,25,26). The second-order valence-electron chi connectivity index (χ2n) is 5.72. The first-order valence-corrected chi connectivity index (χ1v) is 8.11. The van der Waals surface area contributed by atoms with Crippen LogP contribution >= 0.6 is 0 Å². The van der Waals surface area contributed by atoms with E-state index in [0.717, 1.165) is 16.9 Å². The Bertz CT molecular complexity index is 941. The number of amidine groups is 1. The zero-order chi connectivity index (χ0) is 17.9. The highest BCUT2D eigenvalue weighted by molar-refractivity contribution is 6.02. The molecule has 3 aromatic carbocycles. The van der Waals surface area contributed by atoms with Gasteiger partial charge >= 0.3 is 5.97 Å². The van der Waals surface area contributed by atoms with Gasteiger partial charge in [0.05, 0.1) is 16.9 Å². The molecule has 0 unspecified atom stereocenters. The van der Waals surface area contributed by atoms with Crippen LogP contribution in [0.25, 0.3) is 0 Å². The number of carbonyl (C=O) groups is 1. The first-order valence-electron chi connectivity index (χ1n) is 8.11. The van der Waals surface area contributed by atoms with Gasteiger partial charge in [-0.1, -0.05) is 48.5 Å². The largest absolute Gasteiger partial charge is 0.478 e. The highest BCUT2D eigenvalue weighted by atomic mass is 16.4. The van der Waals surface area contributed by atoms with E-state index in [1.165, 1.54) is 0 Å². The molecule has 0 saturated carbocycles. The van der Waals surface area contributed by atoms with Crippen LogP contribution in [0.4, 0.5) is 11.4 Å². The molecule has 4 rings (SSSR count). The van der Waals surface area contributed by atoms with Crippen molar-refractivity contribution in [1.29, 1.82) is 0 Å². The van der Waals surface area contributed by atoms with Gasteiger partial charge in [-0.15, -0.1) is 5.10 Å². The Balaban J connectivity index is 1.73. The molecule has 1 aliphatic rings. The number of hydrazone groups is 1. The van der Waals surface area contributed by atoms with E-state index in [9.17, 15) is 4.79 Å². The fourth-order valence-electron chi connectivity index (χ4n) is 2.68. The lowest BCUT2D eigenvalue weighted by molar-refractivity contribution is 0.0697. The molecule has 0 atom stereocenters. The quantitative estimate of drug-likeness (QED) is 0.758. The van der Waals surface area contributed by atoms with Crippen molar-refractivity contribution in [3.63, 3.8) is 0 Å². The van der Waals surface area contributed by atoms with Crippen molar-refractivity contribution in [2.45, 2.75) is 0 Å². The molecular formula is C20H16N4O2. The zero-order valence-electron chi connectivity index (χ0n) is 13.8. The molecule has 3 aromatic rings. The fraction of sp³-hybridized carbons (Fsp3) is 0. The molecule has 0 amide bonds. The van der Waals surface area contributed by atoms with Crippen LogP contribution in [0.3, 0.4) is 0 Å². The third-order valence-electron chi connectivity index (χ3n) is 3.99. The van der Waals surface area contributed by atoms with E-state index in [2.05, 4.69) is 10.5 Å². The zero-order valence-corrected chi connectivity index (χ0v) is 13.8. The van der Waals surface area contributed by atoms with Crippen LogP contribution in [0.15, 0.2) is 90.0 Å². The van der Waals surface area contributed by atoms with Gasteiger partial charge in [-0.25, -0.2) is 4.79 Å². The molecule has 2 N–H and O–H groups in total. The van der Waals surface area contributed by atoms with Gasteiger partial charge in [0.2, 0.25) is 0 Å². The minimum atomic E-state index is -0.954. The lowest BCUT2D eigenvalue weighted by Crippen LogP contribution is -2.44. The van der Waals surface area contributed by atoms with Gasteiger partial charge < -0.3 is 5.11 Å². The molecule has 0 spiro atoms. The first kappa shape index (κ1) is 15.7. The number of para-hydroxylation sites is 1.